The molecule has 1 N–H and O–H groups in total. The molecule has 0 bridgehead atoms. The summed E-state index contributed by atoms with van der Waals surface area (Å²) in [5.41, 5.74) is 2.66. The van der Waals surface area contributed by atoms with Crippen LogP contribution in [0.5, 0.6) is 0 Å². The van der Waals surface area contributed by atoms with Gasteiger partial charge in [0.25, 0.3) is 0 Å². The second-order valence-electron chi connectivity index (χ2n) is 5.04. The monoisotopic (exact) mass is 248 g/mol. The van der Waals surface area contributed by atoms with Crippen LogP contribution in [0.1, 0.15) is 24.5 Å². The fraction of sp³-hybridized carbons (Fsp3) is 0.600. The van der Waals surface area contributed by atoms with Crippen molar-refractivity contribution in [3.8, 4) is 0 Å². The molecule has 18 heavy (non-hydrogen) atoms. The van der Waals surface area contributed by atoms with E-state index in [-0.39, 0.29) is 0 Å². The number of nitrogens with zero attached hydrogens (tertiary/aromatic N) is 1. The van der Waals surface area contributed by atoms with Gasteiger partial charge in [-0.15, -0.1) is 0 Å². The third-order valence-electron chi connectivity index (χ3n) is 3.48. The molecule has 0 atom stereocenters. The fourth-order valence-corrected chi connectivity index (χ4v) is 2.43. The van der Waals surface area contributed by atoms with Crippen LogP contribution in [-0.4, -0.2) is 37.7 Å². The molecular formula is C15H24N2O. The van der Waals surface area contributed by atoms with E-state index in [9.17, 15) is 0 Å². The second kappa shape index (κ2) is 6.88. The van der Waals surface area contributed by atoms with Gasteiger partial charge in [0.05, 0.1) is 6.61 Å². The van der Waals surface area contributed by atoms with Crippen LogP contribution in [0.15, 0.2) is 24.3 Å². The molecule has 1 aromatic carbocycles. The van der Waals surface area contributed by atoms with Crippen molar-refractivity contribution in [3.05, 3.63) is 35.4 Å². The van der Waals surface area contributed by atoms with Gasteiger partial charge in [0.15, 0.2) is 0 Å². The van der Waals surface area contributed by atoms with Crippen LogP contribution in [0.25, 0.3) is 0 Å². The van der Waals surface area contributed by atoms with E-state index in [4.69, 9.17) is 4.74 Å². The van der Waals surface area contributed by atoms with Crippen molar-refractivity contribution in [1.29, 1.82) is 0 Å². The van der Waals surface area contributed by atoms with E-state index >= 15 is 0 Å². The van der Waals surface area contributed by atoms with E-state index in [0.29, 0.717) is 6.61 Å². The summed E-state index contributed by atoms with van der Waals surface area (Å²) in [6, 6.07) is 9.46. The first-order chi connectivity index (χ1) is 8.83. The highest BCUT2D eigenvalue weighted by molar-refractivity contribution is 5.23. The van der Waals surface area contributed by atoms with E-state index in [0.717, 1.165) is 25.7 Å². The van der Waals surface area contributed by atoms with Crippen molar-refractivity contribution in [3.63, 3.8) is 0 Å². The van der Waals surface area contributed by atoms with E-state index in [1.807, 2.05) is 0 Å². The molecule has 0 aromatic heterocycles. The maximum Gasteiger partial charge on any atom is 0.0713 e. The lowest BCUT2D eigenvalue weighted by atomic mass is 10.1. The molecule has 1 aliphatic rings. The molecule has 100 valence electrons. The maximum absolute atomic E-state index is 5.19. The Kier molecular flexibility index (Phi) is 5.17. The number of hydrogen-bond acceptors (Lipinski definition) is 3. The van der Waals surface area contributed by atoms with E-state index in [2.05, 4.69) is 41.4 Å². The maximum atomic E-state index is 5.19. The summed E-state index contributed by atoms with van der Waals surface area (Å²) in [6.07, 6.45) is 1.22. The van der Waals surface area contributed by atoms with Gasteiger partial charge in [-0.3, -0.25) is 4.90 Å². The summed E-state index contributed by atoms with van der Waals surface area (Å²) >= 11 is 0. The standard InChI is InChI=1S/C15H24N2O/c1-3-7-17(15-9-16-10-15)11-13-5-4-6-14(8-13)12-18-2/h4-6,8,15-16H,3,7,9-12H2,1-2H3. The van der Waals surface area contributed by atoms with E-state index in [1.54, 1.807) is 7.11 Å². The number of methoxy groups -OCH3 is 1. The van der Waals surface area contributed by atoms with E-state index in [1.165, 1.54) is 24.1 Å². The second-order valence-corrected chi connectivity index (χ2v) is 5.04. The molecule has 1 aromatic rings. The lowest BCUT2D eigenvalue weighted by Gasteiger charge is -2.38. The molecule has 0 spiro atoms. The summed E-state index contributed by atoms with van der Waals surface area (Å²) in [6.45, 7) is 7.46. The highest BCUT2D eigenvalue weighted by Gasteiger charge is 2.23. The Hall–Kier alpha value is -0.900. The Morgan fingerprint density at radius 1 is 1.33 bits per heavy atom. The van der Waals surface area contributed by atoms with Crippen LogP contribution in [0.3, 0.4) is 0 Å². The molecule has 0 aliphatic carbocycles. The van der Waals surface area contributed by atoms with Crippen LogP contribution < -0.4 is 5.32 Å². The zero-order valence-corrected chi connectivity index (χ0v) is 11.5. The Bertz CT molecular complexity index is 363. The van der Waals surface area contributed by atoms with Crippen molar-refractivity contribution >= 4 is 0 Å². The van der Waals surface area contributed by atoms with Crippen LogP contribution in [-0.2, 0) is 17.9 Å². The van der Waals surface area contributed by atoms with Crippen LogP contribution in [0, 0.1) is 0 Å². The van der Waals surface area contributed by atoms with Crippen molar-refractivity contribution in [1.82, 2.24) is 10.2 Å². The Labute approximate surface area is 110 Å². The largest absolute Gasteiger partial charge is 0.380 e. The molecule has 2 rings (SSSR count). The first kappa shape index (κ1) is 13.5. The number of nitrogens with one attached hydrogen (secondary N) is 1. The third kappa shape index (κ3) is 3.55. The smallest absolute Gasteiger partial charge is 0.0713 e. The quantitative estimate of drug-likeness (QED) is 0.799. The molecular weight excluding hydrogens is 224 g/mol. The van der Waals surface area contributed by atoms with Crippen LogP contribution in [0.2, 0.25) is 0 Å². The summed E-state index contributed by atoms with van der Waals surface area (Å²) in [5, 5.41) is 3.36. The van der Waals surface area contributed by atoms with Gasteiger partial charge >= 0.3 is 0 Å². The fourth-order valence-electron chi connectivity index (χ4n) is 2.43. The molecule has 0 unspecified atom stereocenters. The van der Waals surface area contributed by atoms with Crippen molar-refractivity contribution in [2.24, 2.45) is 0 Å². The average molecular weight is 248 g/mol. The van der Waals surface area contributed by atoms with Gasteiger partial charge in [0, 0.05) is 32.8 Å². The normalized spacial score (nSPS) is 15.9. The first-order valence-electron chi connectivity index (χ1n) is 6.85. The number of rotatable bonds is 7. The topological polar surface area (TPSA) is 24.5 Å². The molecule has 1 saturated heterocycles. The number of benzene rings is 1. The summed E-state index contributed by atoms with van der Waals surface area (Å²) in [5.74, 6) is 0. The number of ether oxygens (including phenoxy) is 1. The van der Waals surface area contributed by atoms with Gasteiger partial charge in [-0.25, -0.2) is 0 Å². The van der Waals surface area contributed by atoms with Gasteiger partial charge in [0.1, 0.15) is 0 Å². The Morgan fingerprint density at radius 2 is 2.11 bits per heavy atom. The van der Waals surface area contributed by atoms with Crippen molar-refractivity contribution in [2.45, 2.75) is 32.5 Å². The van der Waals surface area contributed by atoms with Gasteiger partial charge in [0.2, 0.25) is 0 Å². The summed E-state index contributed by atoms with van der Waals surface area (Å²) in [7, 11) is 1.75. The zero-order chi connectivity index (χ0) is 12.8. The molecule has 3 heteroatoms. The van der Waals surface area contributed by atoms with Gasteiger partial charge in [-0.1, -0.05) is 31.2 Å². The van der Waals surface area contributed by atoms with Crippen molar-refractivity contribution in [2.75, 3.05) is 26.7 Å². The van der Waals surface area contributed by atoms with Gasteiger partial charge in [-0.05, 0) is 24.1 Å². The Morgan fingerprint density at radius 3 is 2.72 bits per heavy atom. The summed E-state index contributed by atoms with van der Waals surface area (Å²) < 4.78 is 5.19. The molecule has 0 amide bonds. The molecule has 1 heterocycles. The van der Waals surface area contributed by atoms with Crippen molar-refractivity contribution < 1.29 is 4.74 Å². The highest BCUT2D eigenvalue weighted by Crippen LogP contribution is 2.14. The van der Waals surface area contributed by atoms with Gasteiger partial charge < -0.3 is 10.1 Å². The first-order valence-corrected chi connectivity index (χ1v) is 6.85. The number of hydrogen-bond donors (Lipinski definition) is 1. The lowest BCUT2D eigenvalue weighted by Crippen LogP contribution is -2.56. The SMILES string of the molecule is CCCN(Cc1cccc(COC)c1)C1CNC1. The predicted octanol–water partition coefficient (Wildman–Crippen LogP) is 2.02. The molecule has 1 aliphatic heterocycles. The third-order valence-corrected chi connectivity index (χ3v) is 3.48. The lowest BCUT2D eigenvalue weighted by molar-refractivity contribution is 0.137. The van der Waals surface area contributed by atoms with Crippen LogP contribution >= 0.6 is 0 Å². The average Bonchev–Trinajstić information content (AvgIpc) is 2.28. The minimum atomic E-state index is 0.701. The Balaban J connectivity index is 1.98. The van der Waals surface area contributed by atoms with E-state index < -0.39 is 0 Å². The molecule has 0 saturated carbocycles. The molecule has 0 radical (unpaired) electrons. The molecule has 1 fully saturated rings. The molecule has 3 nitrogen and oxygen atoms in total. The zero-order valence-electron chi connectivity index (χ0n) is 11.5. The predicted molar refractivity (Wildman–Crippen MR) is 74.5 cm³/mol. The van der Waals surface area contributed by atoms with Gasteiger partial charge in [-0.2, -0.15) is 0 Å². The van der Waals surface area contributed by atoms with Crippen LogP contribution in [0.4, 0.5) is 0 Å². The minimum Gasteiger partial charge on any atom is -0.380 e. The summed E-state index contributed by atoms with van der Waals surface area (Å²) in [4.78, 5) is 2.59. The minimum absolute atomic E-state index is 0.701. The highest BCUT2D eigenvalue weighted by atomic mass is 16.5.